The largest absolute Gasteiger partial charge is 0.434 e. The number of amides is 1. The number of pyridine rings is 1. The van der Waals surface area contributed by atoms with Gasteiger partial charge >= 0.3 is 6.61 Å². The molecule has 0 saturated heterocycles. The minimum absolute atomic E-state index is 0.0304. The number of nitrogens with one attached hydrogen (secondary N) is 1. The summed E-state index contributed by atoms with van der Waals surface area (Å²) in [6.07, 6.45) is 1.04. The summed E-state index contributed by atoms with van der Waals surface area (Å²) < 4.78 is 43.5. The maximum Gasteiger partial charge on any atom is 0.387 e. The van der Waals surface area contributed by atoms with E-state index in [9.17, 15) is 22.8 Å². The van der Waals surface area contributed by atoms with Crippen LogP contribution in [0.4, 0.5) is 18.9 Å². The van der Waals surface area contributed by atoms with Crippen LogP contribution in [0.25, 0.3) is 10.9 Å². The standard InChI is InChI=1S/C20H15F3N2O3/c21-11-6-7-12-14(10-18(26)24-15(12)9-11)19(27)25-8-2-3-13-16(25)4-1-5-17(13)28-20(22)23/h1,4-7,9-10,20H,2-3,8H2,(H,24,26). The molecule has 1 aromatic heterocycles. The maximum atomic E-state index is 13.5. The fraction of sp³-hybridized carbons (Fsp3) is 0.200. The van der Waals surface area contributed by atoms with Gasteiger partial charge < -0.3 is 14.6 Å². The number of aromatic nitrogens is 1. The van der Waals surface area contributed by atoms with Crippen molar-refractivity contribution in [3.05, 3.63) is 69.8 Å². The molecule has 8 heteroatoms. The highest BCUT2D eigenvalue weighted by atomic mass is 19.3. The number of ether oxygens (including phenoxy) is 1. The number of carbonyl (C=O) groups is 1. The Bertz CT molecular complexity index is 1130. The van der Waals surface area contributed by atoms with Gasteiger partial charge in [-0.2, -0.15) is 8.78 Å². The van der Waals surface area contributed by atoms with E-state index in [1.165, 1.54) is 29.2 Å². The van der Waals surface area contributed by atoms with E-state index >= 15 is 0 Å². The molecule has 144 valence electrons. The molecule has 1 N–H and O–H groups in total. The molecule has 0 radical (unpaired) electrons. The Morgan fingerprint density at radius 1 is 1.18 bits per heavy atom. The van der Waals surface area contributed by atoms with Crippen molar-refractivity contribution >= 4 is 22.5 Å². The fourth-order valence-electron chi connectivity index (χ4n) is 3.56. The minimum Gasteiger partial charge on any atom is -0.434 e. The first-order valence-corrected chi connectivity index (χ1v) is 8.65. The molecule has 0 aliphatic carbocycles. The molecule has 1 amide bonds. The molecule has 3 aromatic rings. The smallest absolute Gasteiger partial charge is 0.387 e. The molecule has 28 heavy (non-hydrogen) atoms. The highest BCUT2D eigenvalue weighted by Crippen LogP contribution is 2.36. The monoisotopic (exact) mass is 388 g/mol. The number of anilines is 1. The van der Waals surface area contributed by atoms with Crippen LogP contribution in [0.3, 0.4) is 0 Å². The number of alkyl halides is 2. The predicted molar refractivity (Wildman–Crippen MR) is 97.6 cm³/mol. The van der Waals surface area contributed by atoms with E-state index < -0.39 is 23.9 Å². The van der Waals surface area contributed by atoms with Crippen molar-refractivity contribution in [1.29, 1.82) is 0 Å². The van der Waals surface area contributed by atoms with Crippen molar-refractivity contribution in [1.82, 2.24) is 4.98 Å². The van der Waals surface area contributed by atoms with Gasteiger partial charge in [0.1, 0.15) is 11.6 Å². The zero-order valence-electron chi connectivity index (χ0n) is 14.5. The van der Waals surface area contributed by atoms with Gasteiger partial charge in [0.2, 0.25) is 5.56 Å². The number of nitrogens with zero attached hydrogens (tertiary/aromatic N) is 1. The first-order chi connectivity index (χ1) is 13.4. The van der Waals surface area contributed by atoms with E-state index in [0.29, 0.717) is 36.0 Å². The van der Waals surface area contributed by atoms with Crippen LogP contribution >= 0.6 is 0 Å². The van der Waals surface area contributed by atoms with Crippen molar-refractivity contribution in [3.8, 4) is 5.75 Å². The summed E-state index contributed by atoms with van der Waals surface area (Å²) in [5.74, 6) is -0.967. The van der Waals surface area contributed by atoms with Crippen LogP contribution in [-0.2, 0) is 6.42 Å². The predicted octanol–water partition coefficient (Wildman–Crippen LogP) is 3.86. The molecular weight excluding hydrogens is 373 g/mol. The van der Waals surface area contributed by atoms with Crippen LogP contribution in [0.1, 0.15) is 22.3 Å². The molecule has 0 atom stereocenters. The van der Waals surface area contributed by atoms with Crippen LogP contribution in [0.15, 0.2) is 47.3 Å². The number of rotatable bonds is 3. The Morgan fingerprint density at radius 3 is 2.79 bits per heavy atom. The van der Waals surface area contributed by atoms with Crippen molar-refractivity contribution in [2.75, 3.05) is 11.4 Å². The van der Waals surface area contributed by atoms with Gasteiger partial charge in [-0.15, -0.1) is 0 Å². The number of fused-ring (bicyclic) bond motifs is 2. The molecule has 0 unspecified atom stereocenters. The van der Waals surface area contributed by atoms with Crippen LogP contribution < -0.4 is 15.2 Å². The normalized spacial score (nSPS) is 13.6. The summed E-state index contributed by atoms with van der Waals surface area (Å²) in [4.78, 5) is 29.2. The third-order valence-corrected chi connectivity index (χ3v) is 4.70. The summed E-state index contributed by atoms with van der Waals surface area (Å²) in [7, 11) is 0. The molecule has 0 fully saturated rings. The summed E-state index contributed by atoms with van der Waals surface area (Å²) in [5, 5.41) is 0.401. The third-order valence-electron chi connectivity index (χ3n) is 4.70. The average molecular weight is 388 g/mol. The van der Waals surface area contributed by atoms with Crippen LogP contribution in [-0.4, -0.2) is 24.0 Å². The van der Waals surface area contributed by atoms with E-state index in [1.807, 2.05) is 0 Å². The first kappa shape index (κ1) is 18.1. The highest BCUT2D eigenvalue weighted by Gasteiger charge is 2.27. The summed E-state index contributed by atoms with van der Waals surface area (Å²) >= 11 is 0. The number of hydrogen-bond donors (Lipinski definition) is 1. The van der Waals surface area contributed by atoms with E-state index in [4.69, 9.17) is 0 Å². The van der Waals surface area contributed by atoms with E-state index in [-0.39, 0.29) is 16.8 Å². The van der Waals surface area contributed by atoms with Crippen molar-refractivity contribution < 1.29 is 22.7 Å². The summed E-state index contributed by atoms with van der Waals surface area (Å²) in [5.41, 5.74) is 0.774. The van der Waals surface area contributed by atoms with Gasteiger partial charge in [-0.05, 0) is 43.2 Å². The van der Waals surface area contributed by atoms with Gasteiger partial charge in [0.05, 0.1) is 16.8 Å². The van der Waals surface area contributed by atoms with Crippen LogP contribution in [0.2, 0.25) is 0 Å². The molecule has 0 saturated carbocycles. The second-order valence-corrected chi connectivity index (χ2v) is 6.43. The van der Waals surface area contributed by atoms with Gasteiger partial charge in [0.25, 0.3) is 5.91 Å². The Balaban J connectivity index is 1.81. The van der Waals surface area contributed by atoms with Crippen molar-refractivity contribution in [3.63, 3.8) is 0 Å². The topological polar surface area (TPSA) is 62.4 Å². The Kier molecular flexibility index (Phi) is 4.54. The van der Waals surface area contributed by atoms with E-state index in [2.05, 4.69) is 9.72 Å². The fourth-order valence-corrected chi connectivity index (χ4v) is 3.56. The van der Waals surface area contributed by atoms with Crippen molar-refractivity contribution in [2.24, 2.45) is 0 Å². The second kappa shape index (κ2) is 7.03. The van der Waals surface area contributed by atoms with Gasteiger partial charge in [-0.3, -0.25) is 9.59 Å². The van der Waals surface area contributed by atoms with Crippen LogP contribution in [0, 0.1) is 5.82 Å². The molecule has 0 spiro atoms. The lowest BCUT2D eigenvalue weighted by Gasteiger charge is -2.31. The number of hydrogen-bond acceptors (Lipinski definition) is 3. The van der Waals surface area contributed by atoms with E-state index in [0.717, 1.165) is 12.1 Å². The molecular formula is C20H15F3N2O3. The molecule has 1 aliphatic rings. The quantitative estimate of drug-likeness (QED) is 0.741. The summed E-state index contributed by atoms with van der Waals surface area (Å²) in [6.45, 7) is -2.61. The van der Waals surface area contributed by atoms with Crippen molar-refractivity contribution in [2.45, 2.75) is 19.5 Å². The molecule has 1 aliphatic heterocycles. The lowest BCUT2D eigenvalue weighted by molar-refractivity contribution is -0.0504. The Labute approximate surface area is 157 Å². The summed E-state index contributed by atoms with van der Waals surface area (Å²) in [6, 6.07) is 9.56. The first-order valence-electron chi connectivity index (χ1n) is 8.65. The van der Waals surface area contributed by atoms with Gasteiger partial charge in [-0.25, -0.2) is 4.39 Å². The average Bonchev–Trinajstić information content (AvgIpc) is 2.66. The number of H-pyrrole nitrogens is 1. The second-order valence-electron chi connectivity index (χ2n) is 6.43. The number of halogens is 3. The number of carbonyl (C=O) groups excluding carboxylic acids is 1. The Morgan fingerprint density at radius 2 is 2.00 bits per heavy atom. The molecule has 2 aromatic carbocycles. The van der Waals surface area contributed by atoms with Gasteiger partial charge in [0.15, 0.2) is 0 Å². The van der Waals surface area contributed by atoms with Crippen LogP contribution in [0.5, 0.6) is 5.75 Å². The molecule has 0 bridgehead atoms. The molecule has 5 nitrogen and oxygen atoms in total. The lowest BCUT2D eigenvalue weighted by atomic mass is 9.99. The van der Waals surface area contributed by atoms with Gasteiger partial charge in [-0.1, -0.05) is 6.07 Å². The van der Waals surface area contributed by atoms with E-state index in [1.54, 1.807) is 6.07 Å². The Hall–Kier alpha value is -3.29. The molecule has 4 rings (SSSR count). The molecule has 2 heterocycles. The lowest BCUT2D eigenvalue weighted by Crippen LogP contribution is -2.36. The van der Waals surface area contributed by atoms with Gasteiger partial charge in [0, 0.05) is 23.6 Å². The number of benzene rings is 2. The highest BCUT2D eigenvalue weighted by molar-refractivity contribution is 6.14. The zero-order chi connectivity index (χ0) is 19.8. The maximum absolute atomic E-state index is 13.5. The minimum atomic E-state index is -2.97. The SMILES string of the molecule is O=C(c1cc(=O)[nH]c2cc(F)ccc12)N1CCCc2c(OC(F)F)cccc21. The third kappa shape index (κ3) is 3.21. The number of aromatic amines is 1. The zero-order valence-corrected chi connectivity index (χ0v) is 14.5.